The van der Waals surface area contributed by atoms with Crippen molar-refractivity contribution in [3.63, 3.8) is 0 Å². The lowest BCUT2D eigenvalue weighted by Crippen LogP contribution is -1.97. The molecule has 0 aromatic carbocycles. The lowest BCUT2D eigenvalue weighted by molar-refractivity contribution is 0.615. The zero-order chi connectivity index (χ0) is 9.14. The average molecular weight is 232 g/mol. The summed E-state index contributed by atoms with van der Waals surface area (Å²) in [5.41, 5.74) is 1.06. The molecule has 3 nitrogen and oxygen atoms in total. The van der Waals surface area contributed by atoms with E-state index < -0.39 is 0 Å². The van der Waals surface area contributed by atoms with Crippen LogP contribution in [0.15, 0.2) is 4.60 Å². The minimum atomic E-state index is 0.628. The standard InChI is InChI=1S/C8H14BrN3/c1-4-12-8(9)7(10-11-12)5-6(2)3/h6H,4-5H2,1-3H3. The highest BCUT2D eigenvalue weighted by atomic mass is 79.9. The molecule has 0 fully saturated rings. The Morgan fingerprint density at radius 2 is 2.17 bits per heavy atom. The Bertz CT molecular complexity index is 255. The van der Waals surface area contributed by atoms with E-state index in [9.17, 15) is 0 Å². The van der Waals surface area contributed by atoms with Crippen LogP contribution >= 0.6 is 15.9 Å². The predicted octanol–water partition coefficient (Wildman–Crippen LogP) is 2.26. The fourth-order valence-corrected chi connectivity index (χ4v) is 1.61. The van der Waals surface area contributed by atoms with Crippen molar-refractivity contribution in [2.75, 3.05) is 0 Å². The van der Waals surface area contributed by atoms with E-state index in [2.05, 4.69) is 47.0 Å². The first kappa shape index (κ1) is 9.71. The molecule has 68 valence electrons. The quantitative estimate of drug-likeness (QED) is 0.800. The fourth-order valence-electron chi connectivity index (χ4n) is 1.05. The minimum Gasteiger partial charge on any atom is -0.238 e. The molecule has 0 N–H and O–H groups in total. The van der Waals surface area contributed by atoms with Gasteiger partial charge in [0.1, 0.15) is 4.60 Å². The monoisotopic (exact) mass is 231 g/mol. The maximum Gasteiger partial charge on any atom is 0.127 e. The zero-order valence-electron chi connectivity index (χ0n) is 7.71. The summed E-state index contributed by atoms with van der Waals surface area (Å²) in [6.07, 6.45) is 0.987. The van der Waals surface area contributed by atoms with Gasteiger partial charge in [-0.1, -0.05) is 19.1 Å². The molecule has 1 rings (SSSR count). The van der Waals surface area contributed by atoms with Crippen LogP contribution in [-0.2, 0) is 13.0 Å². The van der Waals surface area contributed by atoms with E-state index in [1.807, 2.05) is 4.68 Å². The van der Waals surface area contributed by atoms with Crippen LogP contribution in [0.5, 0.6) is 0 Å². The van der Waals surface area contributed by atoms with E-state index in [0.29, 0.717) is 5.92 Å². The lowest BCUT2D eigenvalue weighted by Gasteiger charge is -2.00. The van der Waals surface area contributed by atoms with Gasteiger partial charge < -0.3 is 0 Å². The Morgan fingerprint density at radius 1 is 1.50 bits per heavy atom. The molecule has 0 radical (unpaired) electrons. The van der Waals surface area contributed by atoms with Crippen molar-refractivity contribution in [1.82, 2.24) is 15.0 Å². The summed E-state index contributed by atoms with van der Waals surface area (Å²) in [6, 6.07) is 0. The minimum absolute atomic E-state index is 0.628. The molecule has 12 heavy (non-hydrogen) atoms. The molecule has 0 spiro atoms. The van der Waals surface area contributed by atoms with E-state index in [-0.39, 0.29) is 0 Å². The first-order valence-corrected chi connectivity index (χ1v) is 5.02. The Kier molecular flexibility index (Phi) is 3.26. The van der Waals surface area contributed by atoms with Gasteiger partial charge in [0.05, 0.1) is 5.69 Å². The molecule has 0 saturated carbocycles. The van der Waals surface area contributed by atoms with E-state index in [0.717, 1.165) is 23.3 Å². The normalized spacial score (nSPS) is 11.1. The molecule has 0 aliphatic heterocycles. The van der Waals surface area contributed by atoms with Gasteiger partial charge >= 0.3 is 0 Å². The highest BCUT2D eigenvalue weighted by molar-refractivity contribution is 9.10. The molecule has 0 aliphatic carbocycles. The van der Waals surface area contributed by atoms with Crippen molar-refractivity contribution >= 4 is 15.9 Å². The first-order valence-electron chi connectivity index (χ1n) is 4.23. The van der Waals surface area contributed by atoms with Crippen LogP contribution in [-0.4, -0.2) is 15.0 Å². The molecule has 1 aromatic heterocycles. The van der Waals surface area contributed by atoms with Gasteiger partial charge in [0.2, 0.25) is 0 Å². The summed E-state index contributed by atoms with van der Waals surface area (Å²) in [7, 11) is 0. The highest BCUT2D eigenvalue weighted by Crippen LogP contribution is 2.16. The highest BCUT2D eigenvalue weighted by Gasteiger charge is 2.09. The molecular formula is C8H14BrN3. The largest absolute Gasteiger partial charge is 0.238 e. The van der Waals surface area contributed by atoms with Crippen molar-refractivity contribution in [2.24, 2.45) is 5.92 Å². The number of aromatic nitrogens is 3. The van der Waals surface area contributed by atoms with Gasteiger partial charge in [-0.15, -0.1) is 5.10 Å². The summed E-state index contributed by atoms with van der Waals surface area (Å²) in [4.78, 5) is 0. The number of halogens is 1. The van der Waals surface area contributed by atoms with Crippen LogP contribution < -0.4 is 0 Å². The van der Waals surface area contributed by atoms with Crippen LogP contribution in [0, 0.1) is 5.92 Å². The van der Waals surface area contributed by atoms with Gasteiger partial charge in [-0.2, -0.15) is 0 Å². The molecule has 4 heteroatoms. The second kappa shape index (κ2) is 4.03. The van der Waals surface area contributed by atoms with Crippen molar-refractivity contribution in [3.05, 3.63) is 10.3 Å². The van der Waals surface area contributed by atoms with Crippen molar-refractivity contribution in [3.8, 4) is 0 Å². The summed E-state index contributed by atoms with van der Waals surface area (Å²) < 4.78 is 2.89. The number of hydrogen-bond donors (Lipinski definition) is 0. The van der Waals surface area contributed by atoms with Gasteiger partial charge in [0, 0.05) is 6.54 Å². The third-order valence-electron chi connectivity index (χ3n) is 1.64. The van der Waals surface area contributed by atoms with Crippen LogP contribution in [0.25, 0.3) is 0 Å². The van der Waals surface area contributed by atoms with Crippen LogP contribution in [0.4, 0.5) is 0 Å². The van der Waals surface area contributed by atoms with Crippen LogP contribution in [0.2, 0.25) is 0 Å². The van der Waals surface area contributed by atoms with Gasteiger partial charge in [-0.3, -0.25) is 0 Å². The van der Waals surface area contributed by atoms with Crippen molar-refractivity contribution < 1.29 is 0 Å². The average Bonchev–Trinajstić information content (AvgIpc) is 2.32. The number of nitrogens with zero attached hydrogens (tertiary/aromatic N) is 3. The molecule has 0 saturated heterocycles. The second-order valence-corrected chi connectivity index (χ2v) is 3.99. The van der Waals surface area contributed by atoms with E-state index in [4.69, 9.17) is 0 Å². The van der Waals surface area contributed by atoms with E-state index in [1.54, 1.807) is 0 Å². The van der Waals surface area contributed by atoms with Crippen LogP contribution in [0.1, 0.15) is 26.5 Å². The summed E-state index contributed by atoms with van der Waals surface area (Å²) in [5.74, 6) is 0.628. The number of rotatable bonds is 3. The Hall–Kier alpha value is -0.380. The first-order chi connectivity index (χ1) is 5.65. The van der Waals surface area contributed by atoms with Gasteiger partial charge in [0.25, 0.3) is 0 Å². The molecule has 0 atom stereocenters. The van der Waals surface area contributed by atoms with Crippen molar-refractivity contribution in [1.29, 1.82) is 0 Å². The summed E-state index contributed by atoms with van der Waals surface area (Å²) in [5, 5.41) is 8.10. The number of aryl methyl sites for hydroxylation is 1. The van der Waals surface area contributed by atoms with Gasteiger partial charge in [-0.25, -0.2) is 4.68 Å². The van der Waals surface area contributed by atoms with Crippen molar-refractivity contribution in [2.45, 2.75) is 33.7 Å². The third kappa shape index (κ3) is 2.06. The summed E-state index contributed by atoms with van der Waals surface area (Å²) in [6.45, 7) is 7.28. The zero-order valence-corrected chi connectivity index (χ0v) is 9.30. The Balaban J connectivity index is 2.80. The Morgan fingerprint density at radius 3 is 2.58 bits per heavy atom. The van der Waals surface area contributed by atoms with Gasteiger partial charge in [-0.05, 0) is 35.2 Å². The molecule has 0 aliphatic rings. The molecule has 0 bridgehead atoms. The maximum atomic E-state index is 4.09. The molecular weight excluding hydrogens is 218 g/mol. The molecule has 0 amide bonds. The third-order valence-corrected chi connectivity index (χ3v) is 2.51. The van der Waals surface area contributed by atoms with Crippen LogP contribution in [0.3, 0.4) is 0 Å². The fraction of sp³-hybridized carbons (Fsp3) is 0.750. The number of hydrogen-bond acceptors (Lipinski definition) is 2. The summed E-state index contributed by atoms with van der Waals surface area (Å²) >= 11 is 3.48. The lowest BCUT2D eigenvalue weighted by atomic mass is 10.1. The topological polar surface area (TPSA) is 30.7 Å². The second-order valence-electron chi connectivity index (χ2n) is 3.24. The Labute approximate surface area is 81.3 Å². The molecule has 1 heterocycles. The van der Waals surface area contributed by atoms with E-state index >= 15 is 0 Å². The van der Waals surface area contributed by atoms with E-state index in [1.165, 1.54) is 0 Å². The maximum absolute atomic E-state index is 4.09. The SMILES string of the molecule is CCn1nnc(CC(C)C)c1Br. The molecule has 1 aromatic rings. The smallest absolute Gasteiger partial charge is 0.127 e. The predicted molar refractivity (Wildman–Crippen MR) is 51.9 cm³/mol. The van der Waals surface area contributed by atoms with Gasteiger partial charge in [0.15, 0.2) is 0 Å². The molecule has 0 unspecified atom stereocenters.